The van der Waals surface area contributed by atoms with E-state index in [2.05, 4.69) is 0 Å². The van der Waals surface area contributed by atoms with Gasteiger partial charge in [0.2, 0.25) is 0 Å². The van der Waals surface area contributed by atoms with Crippen LogP contribution in [-0.4, -0.2) is 48.0 Å². The molecule has 0 saturated carbocycles. The molecule has 18 heavy (non-hydrogen) atoms. The van der Waals surface area contributed by atoms with Crippen molar-refractivity contribution in [2.24, 2.45) is 0 Å². The maximum atomic E-state index is 10.4. The highest BCUT2D eigenvalue weighted by Gasteiger charge is 2.36. The Morgan fingerprint density at radius 2 is 1.17 bits per heavy atom. The zero-order valence-electron chi connectivity index (χ0n) is 8.47. The van der Waals surface area contributed by atoms with Crippen molar-refractivity contribution >= 4 is 40.1 Å². The van der Waals surface area contributed by atoms with E-state index in [-0.39, 0.29) is 29.1 Å². The van der Waals surface area contributed by atoms with Gasteiger partial charge in [-0.05, 0) is 0 Å². The smallest absolute Gasteiger partial charge is 0.366 e. The fourth-order valence-electron chi connectivity index (χ4n) is 1.07. The third-order valence-corrected chi connectivity index (χ3v) is 1.78. The lowest BCUT2D eigenvalue weighted by Gasteiger charge is -2.00. The molecule has 0 atom stereocenters. The minimum Gasteiger partial charge on any atom is -0.497 e. The molecule has 1 aromatic carbocycles. The molecule has 0 fully saturated rings. The SMILES string of the molecule is O=[N+]([O-])c1cc([N+](=O)[O-])c(O)c([N+](=O)[O-])c1O.[Mg]. The van der Waals surface area contributed by atoms with Crippen LogP contribution < -0.4 is 0 Å². The Morgan fingerprint density at radius 1 is 0.833 bits per heavy atom. The van der Waals surface area contributed by atoms with Crippen LogP contribution in [0.5, 0.6) is 11.5 Å². The summed E-state index contributed by atoms with van der Waals surface area (Å²) in [7, 11) is 0. The highest BCUT2D eigenvalue weighted by molar-refractivity contribution is 5.75. The van der Waals surface area contributed by atoms with E-state index in [9.17, 15) is 30.3 Å². The number of phenolic OH excluding ortho intramolecular Hbond substituents is 2. The Hall–Kier alpha value is -2.21. The molecule has 1 aromatic rings. The van der Waals surface area contributed by atoms with E-state index < -0.39 is 43.3 Å². The van der Waals surface area contributed by atoms with Crippen LogP contribution in [0.4, 0.5) is 17.1 Å². The van der Waals surface area contributed by atoms with Gasteiger partial charge in [-0.15, -0.1) is 0 Å². The lowest BCUT2D eigenvalue weighted by Crippen LogP contribution is -1.98. The average molecular weight is 269 g/mol. The summed E-state index contributed by atoms with van der Waals surface area (Å²) in [6.07, 6.45) is 0. The number of aromatic hydroxyl groups is 2. The summed E-state index contributed by atoms with van der Waals surface area (Å²) in [5.74, 6) is -2.88. The van der Waals surface area contributed by atoms with Crippen molar-refractivity contribution < 1.29 is 25.0 Å². The van der Waals surface area contributed by atoms with Crippen molar-refractivity contribution in [2.75, 3.05) is 0 Å². The molecule has 12 heteroatoms. The molecule has 0 amide bonds. The largest absolute Gasteiger partial charge is 0.497 e. The van der Waals surface area contributed by atoms with Gasteiger partial charge in [0.15, 0.2) is 0 Å². The summed E-state index contributed by atoms with van der Waals surface area (Å²) in [6, 6.07) is 0.234. The number of nitro groups is 3. The maximum Gasteiger partial charge on any atom is 0.366 e. The minimum absolute atomic E-state index is 0. The van der Waals surface area contributed by atoms with Gasteiger partial charge in [-0.2, -0.15) is 0 Å². The maximum absolute atomic E-state index is 10.4. The summed E-state index contributed by atoms with van der Waals surface area (Å²) in [5, 5.41) is 49.5. The molecule has 0 aliphatic heterocycles. The van der Waals surface area contributed by atoms with Gasteiger partial charge in [0.1, 0.15) is 6.07 Å². The second-order valence-corrected chi connectivity index (χ2v) is 2.73. The standard InChI is InChI=1S/C6H3N3O8.Mg/c10-5-2(7(12)13)1-3(8(14)15)6(11)4(5)9(16)17;/h1,10-11H;. The van der Waals surface area contributed by atoms with Crippen LogP contribution in [0, 0.1) is 30.3 Å². The molecule has 1 rings (SSSR count). The van der Waals surface area contributed by atoms with Gasteiger partial charge in [0.25, 0.3) is 11.5 Å². The Morgan fingerprint density at radius 3 is 1.39 bits per heavy atom. The van der Waals surface area contributed by atoms with Crippen LogP contribution in [0.2, 0.25) is 0 Å². The Kier molecular flexibility index (Phi) is 4.75. The molecular formula is C6H3MgN3O8. The first-order valence-corrected chi connectivity index (χ1v) is 3.79. The first kappa shape index (κ1) is 15.8. The van der Waals surface area contributed by atoms with Gasteiger partial charge < -0.3 is 10.2 Å². The Bertz CT molecular complexity index is 506. The number of phenols is 2. The van der Waals surface area contributed by atoms with E-state index in [4.69, 9.17) is 10.2 Å². The molecule has 0 aliphatic rings. The van der Waals surface area contributed by atoms with Crippen LogP contribution in [-0.2, 0) is 0 Å². The number of nitrogens with zero attached hydrogens (tertiary/aromatic N) is 3. The first-order chi connectivity index (χ1) is 7.77. The molecule has 0 bridgehead atoms. The predicted octanol–water partition coefficient (Wildman–Crippen LogP) is 0.442. The predicted molar refractivity (Wildman–Crippen MR) is 55.5 cm³/mol. The van der Waals surface area contributed by atoms with Crippen LogP contribution in [0.25, 0.3) is 0 Å². The van der Waals surface area contributed by atoms with Crippen LogP contribution in [0.3, 0.4) is 0 Å². The Balaban J connectivity index is 0.00000289. The summed E-state index contributed by atoms with van der Waals surface area (Å²) in [5.41, 5.74) is -3.95. The van der Waals surface area contributed by atoms with Crippen molar-refractivity contribution in [3.8, 4) is 11.5 Å². The number of benzene rings is 1. The van der Waals surface area contributed by atoms with Gasteiger partial charge in [-0.1, -0.05) is 0 Å². The zero-order chi connectivity index (χ0) is 13.3. The second kappa shape index (κ2) is 5.41. The Labute approximate surface area is 113 Å². The molecule has 0 spiro atoms. The number of nitro benzene ring substituents is 3. The van der Waals surface area contributed by atoms with Gasteiger partial charge >= 0.3 is 17.1 Å². The van der Waals surface area contributed by atoms with Gasteiger partial charge in [0.05, 0.1) is 14.8 Å². The summed E-state index contributed by atoms with van der Waals surface area (Å²) < 4.78 is 0. The summed E-state index contributed by atoms with van der Waals surface area (Å²) in [6.45, 7) is 0. The molecule has 2 radical (unpaired) electrons. The number of hydrogen-bond donors (Lipinski definition) is 2. The molecule has 0 saturated heterocycles. The van der Waals surface area contributed by atoms with E-state index in [1.807, 2.05) is 0 Å². The van der Waals surface area contributed by atoms with Gasteiger partial charge in [-0.25, -0.2) is 0 Å². The van der Waals surface area contributed by atoms with Crippen molar-refractivity contribution in [3.05, 3.63) is 36.4 Å². The molecule has 0 aromatic heterocycles. The quantitative estimate of drug-likeness (QED) is 0.452. The van der Waals surface area contributed by atoms with Crippen LogP contribution in [0.15, 0.2) is 6.07 Å². The fraction of sp³-hybridized carbons (Fsp3) is 0. The number of rotatable bonds is 3. The van der Waals surface area contributed by atoms with E-state index in [0.29, 0.717) is 0 Å². The minimum atomic E-state index is -1.48. The second-order valence-electron chi connectivity index (χ2n) is 2.73. The van der Waals surface area contributed by atoms with Crippen molar-refractivity contribution in [3.63, 3.8) is 0 Å². The third kappa shape index (κ3) is 2.54. The average Bonchev–Trinajstić information content (AvgIpc) is 2.15. The van der Waals surface area contributed by atoms with Gasteiger partial charge in [-0.3, -0.25) is 30.3 Å². The fourth-order valence-corrected chi connectivity index (χ4v) is 1.07. The molecule has 11 nitrogen and oxygen atoms in total. The van der Waals surface area contributed by atoms with E-state index >= 15 is 0 Å². The molecule has 0 unspecified atom stereocenters. The topological polar surface area (TPSA) is 170 Å². The van der Waals surface area contributed by atoms with Crippen molar-refractivity contribution in [2.45, 2.75) is 0 Å². The van der Waals surface area contributed by atoms with Crippen LogP contribution in [0.1, 0.15) is 0 Å². The molecule has 2 N–H and O–H groups in total. The monoisotopic (exact) mass is 269 g/mol. The van der Waals surface area contributed by atoms with Crippen molar-refractivity contribution in [1.82, 2.24) is 0 Å². The lowest BCUT2D eigenvalue weighted by atomic mass is 10.2. The highest BCUT2D eigenvalue weighted by atomic mass is 24.3. The molecule has 0 aliphatic carbocycles. The third-order valence-electron chi connectivity index (χ3n) is 1.78. The van der Waals surface area contributed by atoms with E-state index in [1.54, 1.807) is 0 Å². The summed E-state index contributed by atoms with van der Waals surface area (Å²) >= 11 is 0. The van der Waals surface area contributed by atoms with Gasteiger partial charge in [0, 0.05) is 23.1 Å². The normalized spacial score (nSPS) is 9.33. The molecule has 0 heterocycles. The molecular weight excluding hydrogens is 266 g/mol. The molecule has 92 valence electrons. The summed E-state index contributed by atoms with van der Waals surface area (Å²) in [4.78, 5) is 27.4. The zero-order valence-corrected chi connectivity index (χ0v) is 9.88. The lowest BCUT2D eigenvalue weighted by molar-refractivity contribution is -0.405. The highest BCUT2D eigenvalue weighted by Crippen LogP contribution is 2.47. The van der Waals surface area contributed by atoms with Crippen LogP contribution >= 0.6 is 0 Å². The van der Waals surface area contributed by atoms with Crippen molar-refractivity contribution in [1.29, 1.82) is 0 Å². The van der Waals surface area contributed by atoms with E-state index in [1.165, 1.54) is 0 Å². The first-order valence-electron chi connectivity index (χ1n) is 3.79. The van der Waals surface area contributed by atoms with E-state index in [0.717, 1.165) is 0 Å². The number of hydrogen-bond acceptors (Lipinski definition) is 8.